The highest BCUT2D eigenvalue weighted by atomic mass is 32.2. The average Bonchev–Trinajstić information content (AvgIpc) is 3.02. The third kappa shape index (κ3) is 6.32. The molecule has 0 atom stereocenters. The maximum Gasteiger partial charge on any atom is 0.175 e. The Morgan fingerprint density at radius 2 is 1.83 bits per heavy atom. The van der Waals surface area contributed by atoms with Gasteiger partial charge >= 0.3 is 0 Å². The largest absolute Gasteiger partial charge is 0.224 e. The van der Waals surface area contributed by atoms with E-state index in [9.17, 15) is 8.42 Å². The summed E-state index contributed by atoms with van der Waals surface area (Å²) in [6, 6.07) is 7.17. The molecule has 0 aromatic heterocycles. The summed E-state index contributed by atoms with van der Waals surface area (Å²) in [6.45, 7) is 7.84. The molecule has 130 valence electrons. The van der Waals surface area contributed by atoms with Crippen molar-refractivity contribution in [3.05, 3.63) is 72.4 Å². The molecule has 0 fully saturated rings. The van der Waals surface area contributed by atoms with Gasteiger partial charge in [-0.3, -0.25) is 0 Å². The van der Waals surface area contributed by atoms with Crippen LogP contribution in [0.3, 0.4) is 0 Å². The normalized spacial score (nSPS) is 15.0. The fraction of sp³-hybridized carbons (Fsp3) is 0.333. The molecule has 0 unspecified atom stereocenters. The van der Waals surface area contributed by atoms with Gasteiger partial charge in [-0.2, -0.15) is 0 Å². The van der Waals surface area contributed by atoms with Gasteiger partial charge in [0.2, 0.25) is 0 Å². The van der Waals surface area contributed by atoms with E-state index in [0.29, 0.717) is 4.90 Å². The number of hydrogen-bond acceptors (Lipinski definition) is 2. The van der Waals surface area contributed by atoms with Crippen LogP contribution in [0.4, 0.5) is 0 Å². The predicted molar refractivity (Wildman–Crippen MR) is 105 cm³/mol. The third-order valence-electron chi connectivity index (χ3n) is 3.80. The molecule has 2 rings (SSSR count). The smallest absolute Gasteiger partial charge is 0.175 e. The molecule has 0 bridgehead atoms. The summed E-state index contributed by atoms with van der Waals surface area (Å²) in [5, 5.41) is 0. The van der Waals surface area contributed by atoms with Gasteiger partial charge in [0.05, 0.1) is 4.90 Å². The van der Waals surface area contributed by atoms with E-state index in [1.165, 1.54) is 17.4 Å². The molecule has 24 heavy (non-hydrogen) atoms. The molecule has 0 amide bonds. The van der Waals surface area contributed by atoms with Crippen LogP contribution >= 0.6 is 0 Å². The molecule has 1 aromatic carbocycles. The second-order valence-corrected chi connectivity index (χ2v) is 7.74. The lowest BCUT2D eigenvalue weighted by Crippen LogP contribution is -1.96. The van der Waals surface area contributed by atoms with Crippen LogP contribution in [-0.4, -0.2) is 14.7 Å². The maximum absolute atomic E-state index is 11.4. The summed E-state index contributed by atoms with van der Waals surface area (Å²) in [5.74, 6) is 0. The van der Waals surface area contributed by atoms with Crippen molar-refractivity contribution in [3.63, 3.8) is 0 Å². The molecule has 2 nitrogen and oxygen atoms in total. The molecule has 0 saturated carbocycles. The van der Waals surface area contributed by atoms with Gasteiger partial charge in [-0.1, -0.05) is 56.0 Å². The van der Waals surface area contributed by atoms with Gasteiger partial charge in [0, 0.05) is 6.26 Å². The first-order valence-corrected chi connectivity index (χ1v) is 10.3. The highest BCUT2D eigenvalue weighted by Gasteiger charge is 2.15. The van der Waals surface area contributed by atoms with E-state index in [1.807, 2.05) is 25.1 Å². The quantitative estimate of drug-likeness (QED) is 0.504. The second-order valence-electron chi connectivity index (χ2n) is 5.73. The Morgan fingerprint density at radius 3 is 2.29 bits per heavy atom. The Balaban J connectivity index is 0.000000505. The van der Waals surface area contributed by atoms with E-state index in [2.05, 4.69) is 31.7 Å². The van der Waals surface area contributed by atoms with E-state index >= 15 is 0 Å². The Hall–Kier alpha value is -1.87. The van der Waals surface area contributed by atoms with Crippen molar-refractivity contribution in [1.29, 1.82) is 0 Å². The van der Waals surface area contributed by atoms with Gasteiger partial charge in [-0.05, 0) is 61.4 Å². The lowest BCUT2D eigenvalue weighted by molar-refractivity contribution is 0.602. The van der Waals surface area contributed by atoms with E-state index in [4.69, 9.17) is 0 Å². The molecule has 1 aliphatic carbocycles. The molecular weight excluding hydrogens is 316 g/mol. The zero-order valence-electron chi connectivity index (χ0n) is 15.0. The Morgan fingerprint density at radius 1 is 1.17 bits per heavy atom. The van der Waals surface area contributed by atoms with Gasteiger partial charge < -0.3 is 0 Å². The average molecular weight is 345 g/mol. The van der Waals surface area contributed by atoms with Gasteiger partial charge in [0.25, 0.3) is 0 Å². The first-order chi connectivity index (χ1) is 11.4. The van der Waals surface area contributed by atoms with E-state index in [1.54, 1.807) is 18.2 Å². The molecule has 0 N–H and O–H groups in total. The second kappa shape index (κ2) is 10.1. The molecule has 0 saturated heterocycles. The first-order valence-electron chi connectivity index (χ1n) is 8.36. The van der Waals surface area contributed by atoms with Crippen LogP contribution in [0, 0.1) is 0 Å². The van der Waals surface area contributed by atoms with Gasteiger partial charge in [0.15, 0.2) is 9.84 Å². The molecule has 0 spiro atoms. The van der Waals surface area contributed by atoms with Crippen LogP contribution in [0.5, 0.6) is 0 Å². The number of hydrogen-bond donors (Lipinski definition) is 0. The molecule has 1 aromatic rings. The van der Waals surface area contributed by atoms with E-state index < -0.39 is 9.84 Å². The van der Waals surface area contributed by atoms with Crippen molar-refractivity contribution in [2.24, 2.45) is 0 Å². The van der Waals surface area contributed by atoms with Crippen LogP contribution in [0.15, 0.2) is 71.7 Å². The zero-order chi connectivity index (χ0) is 18.0. The lowest BCUT2D eigenvalue weighted by Gasteiger charge is -2.06. The van der Waals surface area contributed by atoms with Crippen molar-refractivity contribution >= 4 is 15.4 Å². The molecule has 0 aliphatic heterocycles. The Labute approximate surface area is 147 Å². The van der Waals surface area contributed by atoms with Crippen molar-refractivity contribution < 1.29 is 8.42 Å². The summed E-state index contributed by atoms with van der Waals surface area (Å²) >= 11 is 0. The standard InChI is InChI=1S/C16H18O2S.C5H10/c1-3-4-6-13-7-5-8-16(13)14-9-11-15(12-10-14)19(2,17)18;1-3-5-4-2/h3-4,6,9-12H,1,5,7-8H2,2H3;3,5H,4H2,1-2H3/b6-4+;5-3-. The number of allylic oxidation sites excluding steroid dienone is 7. The van der Waals surface area contributed by atoms with Crippen LogP contribution in [0.2, 0.25) is 0 Å². The molecule has 0 heterocycles. The fourth-order valence-electron chi connectivity index (χ4n) is 2.60. The van der Waals surface area contributed by atoms with Crippen LogP contribution in [0.1, 0.15) is 45.1 Å². The number of benzene rings is 1. The fourth-order valence-corrected chi connectivity index (χ4v) is 3.23. The maximum atomic E-state index is 11.4. The van der Waals surface area contributed by atoms with Crippen molar-refractivity contribution in [2.45, 2.75) is 44.4 Å². The summed E-state index contributed by atoms with van der Waals surface area (Å²) in [6.07, 6.45) is 15.7. The number of sulfone groups is 1. The molecule has 0 radical (unpaired) electrons. The lowest BCUT2D eigenvalue weighted by atomic mass is 10.0. The summed E-state index contributed by atoms with van der Waals surface area (Å²) in [5.41, 5.74) is 3.76. The van der Waals surface area contributed by atoms with E-state index in [0.717, 1.165) is 31.2 Å². The zero-order valence-corrected chi connectivity index (χ0v) is 15.8. The third-order valence-corrected chi connectivity index (χ3v) is 4.92. The summed E-state index contributed by atoms with van der Waals surface area (Å²) < 4.78 is 22.9. The van der Waals surface area contributed by atoms with Crippen molar-refractivity contribution in [3.8, 4) is 0 Å². The van der Waals surface area contributed by atoms with Gasteiger partial charge in [-0.15, -0.1) is 0 Å². The van der Waals surface area contributed by atoms with Crippen LogP contribution in [0.25, 0.3) is 5.57 Å². The topological polar surface area (TPSA) is 34.1 Å². The predicted octanol–water partition coefficient (Wildman–Crippen LogP) is 5.74. The van der Waals surface area contributed by atoms with E-state index in [-0.39, 0.29) is 0 Å². The molecule has 1 aliphatic rings. The van der Waals surface area contributed by atoms with Gasteiger partial charge in [-0.25, -0.2) is 8.42 Å². The highest BCUT2D eigenvalue weighted by Crippen LogP contribution is 2.34. The van der Waals surface area contributed by atoms with Crippen LogP contribution < -0.4 is 0 Å². The minimum atomic E-state index is -3.11. The summed E-state index contributed by atoms with van der Waals surface area (Å²) in [4.78, 5) is 0.373. The Bertz CT molecular complexity index is 718. The van der Waals surface area contributed by atoms with Crippen molar-refractivity contribution in [2.75, 3.05) is 6.26 Å². The minimum Gasteiger partial charge on any atom is -0.224 e. The first kappa shape index (κ1) is 20.2. The van der Waals surface area contributed by atoms with Gasteiger partial charge in [0.1, 0.15) is 0 Å². The van der Waals surface area contributed by atoms with Crippen molar-refractivity contribution in [1.82, 2.24) is 0 Å². The summed E-state index contributed by atoms with van der Waals surface area (Å²) in [7, 11) is -3.11. The molecule has 3 heteroatoms. The Kier molecular flexibility index (Phi) is 8.48. The molecular formula is C21H28O2S. The number of rotatable bonds is 5. The highest BCUT2D eigenvalue weighted by molar-refractivity contribution is 7.90. The SMILES string of the molecule is C/C=C\CC.C=C/C=C/C1=C(c2ccc(S(C)(=O)=O)cc2)CCC1. The van der Waals surface area contributed by atoms with Crippen LogP contribution in [-0.2, 0) is 9.84 Å². The minimum absolute atomic E-state index is 0.373. The monoisotopic (exact) mass is 344 g/mol.